The van der Waals surface area contributed by atoms with Crippen LogP contribution in [0.2, 0.25) is 0 Å². The predicted molar refractivity (Wildman–Crippen MR) is 104 cm³/mol. The summed E-state index contributed by atoms with van der Waals surface area (Å²) in [4.78, 5) is 12.3. The quantitative estimate of drug-likeness (QED) is 0.673. The van der Waals surface area contributed by atoms with Crippen molar-refractivity contribution in [1.82, 2.24) is 24.3 Å². The van der Waals surface area contributed by atoms with Crippen LogP contribution in [0.25, 0.3) is 5.69 Å². The lowest BCUT2D eigenvalue weighted by atomic mass is 9.97. The second kappa shape index (κ2) is 7.69. The van der Waals surface area contributed by atoms with E-state index >= 15 is 0 Å². The normalized spacial score (nSPS) is 14.0. The van der Waals surface area contributed by atoms with Gasteiger partial charge in [0.15, 0.2) is 0 Å². The van der Waals surface area contributed by atoms with Crippen molar-refractivity contribution >= 4 is 10.0 Å². The molecule has 146 valence electrons. The van der Waals surface area contributed by atoms with Gasteiger partial charge in [0, 0.05) is 25.0 Å². The third kappa shape index (κ3) is 3.90. The van der Waals surface area contributed by atoms with Gasteiger partial charge in [-0.3, -0.25) is 4.79 Å². The fourth-order valence-corrected chi connectivity index (χ4v) is 4.35. The molecule has 1 aliphatic rings. The first kappa shape index (κ1) is 18.6. The Morgan fingerprint density at radius 2 is 1.89 bits per heavy atom. The fourth-order valence-electron chi connectivity index (χ4n) is 3.33. The molecule has 8 nitrogen and oxygen atoms in total. The Bertz CT molecular complexity index is 1120. The number of fused-ring (bicyclic) bond motifs is 1. The molecule has 0 fully saturated rings. The van der Waals surface area contributed by atoms with Crippen molar-refractivity contribution in [2.45, 2.75) is 37.1 Å². The summed E-state index contributed by atoms with van der Waals surface area (Å²) in [6, 6.07) is 9.87. The van der Waals surface area contributed by atoms with E-state index in [2.05, 4.69) is 14.9 Å². The topological polar surface area (TPSA) is 98.9 Å². The molecule has 28 heavy (non-hydrogen) atoms. The van der Waals surface area contributed by atoms with Gasteiger partial charge in [-0.25, -0.2) is 22.5 Å². The summed E-state index contributed by atoms with van der Waals surface area (Å²) < 4.78 is 30.5. The summed E-state index contributed by atoms with van der Waals surface area (Å²) >= 11 is 0. The molecule has 0 spiro atoms. The number of aryl methyl sites for hydroxylation is 2. The first-order valence-corrected chi connectivity index (χ1v) is 10.7. The Labute approximate surface area is 162 Å². The van der Waals surface area contributed by atoms with Gasteiger partial charge in [0.1, 0.15) is 0 Å². The largest absolute Gasteiger partial charge is 0.268 e. The first-order valence-electron chi connectivity index (χ1n) is 9.23. The second-order valence-electron chi connectivity index (χ2n) is 6.73. The number of rotatable bonds is 6. The monoisotopic (exact) mass is 399 g/mol. The SMILES string of the molecule is O=c1cc2c(nn1CCNS(=O)(=O)c1ccc(-n3cccn3)cc1)CCCC2. The maximum absolute atomic E-state index is 12.5. The maximum atomic E-state index is 12.5. The van der Waals surface area contributed by atoms with Crippen LogP contribution in [-0.2, 0) is 29.4 Å². The fraction of sp³-hybridized carbons (Fsp3) is 0.316. The van der Waals surface area contributed by atoms with Gasteiger partial charge in [0.05, 0.1) is 22.8 Å². The molecule has 2 heterocycles. The Morgan fingerprint density at radius 1 is 1.11 bits per heavy atom. The molecule has 0 amide bonds. The number of hydrogen-bond donors (Lipinski definition) is 1. The zero-order chi connectivity index (χ0) is 19.6. The molecular formula is C19H21N5O3S. The van der Waals surface area contributed by atoms with E-state index in [4.69, 9.17) is 0 Å². The van der Waals surface area contributed by atoms with Gasteiger partial charge in [-0.15, -0.1) is 0 Å². The molecule has 0 atom stereocenters. The second-order valence-corrected chi connectivity index (χ2v) is 8.49. The van der Waals surface area contributed by atoms with E-state index in [1.165, 1.54) is 16.8 Å². The summed E-state index contributed by atoms with van der Waals surface area (Å²) in [5, 5.41) is 8.52. The van der Waals surface area contributed by atoms with Gasteiger partial charge >= 0.3 is 0 Å². The molecule has 0 bridgehead atoms. The number of nitrogens with zero attached hydrogens (tertiary/aromatic N) is 4. The van der Waals surface area contributed by atoms with Gasteiger partial charge in [-0.2, -0.15) is 10.2 Å². The molecule has 1 aliphatic carbocycles. The highest BCUT2D eigenvalue weighted by atomic mass is 32.2. The Morgan fingerprint density at radius 3 is 2.64 bits per heavy atom. The Kier molecular flexibility index (Phi) is 5.10. The molecule has 9 heteroatoms. The molecule has 3 aromatic rings. The summed E-state index contributed by atoms with van der Waals surface area (Å²) in [6.45, 7) is 0.283. The predicted octanol–water partition coefficient (Wildman–Crippen LogP) is 1.29. The summed E-state index contributed by atoms with van der Waals surface area (Å²) in [7, 11) is -3.67. The molecule has 0 aliphatic heterocycles. The first-order chi connectivity index (χ1) is 13.5. The maximum Gasteiger partial charge on any atom is 0.267 e. The van der Waals surface area contributed by atoms with Crippen LogP contribution in [-0.4, -0.2) is 34.5 Å². The summed E-state index contributed by atoms with van der Waals surface area (Å²) in [6.07, 6.45) is 7.34. The zero-order valence-corrected chi connectivity index (χ0v) is 16.1. The highest BCUT2D eigenvalue weighted by Crippen LogP contribution is 2.17. The van der Waals surface area contributed by atoms with Gasteiger partial charge in [0.25, 0.3) is 5.56 Å². The van der Waals surface area contributed by atoms with Crippen LogP contribution in [0, 0.1) is 0 Å². The smallest absolute Gasteiger partial charge is 0.267 e. The van der Waals surface area contributed by atoms with E-state index < -0.39 is 10.0 Å². The van der Waals surface area contributed by atoms with Crippen molar-refractivity contribution in [2.24, 2.45) is 0 Å². The Balaban J connectivity index is 1.42. The number of hydrogen-bond acceptors (Lipinski definition) is 5. The third-order valence-corrected chi connectivity index (χ3v) is 6.28. The van der Waals surface area contributed by atoms with Crippen molar-refractivity contribution in [1.29, 1.82) is 0 Å². The molecule has 0 saturated carbocycles. The van der Waals surface area contributed by atoms with Crippen molar-refractivity contribution in [3.05, 3.63) is 70.4 Å². The van der Waals surface area contributed by atoms with Crippen molar-refractivity contribution in [2.75, 3.05) is 6.54 Å². The van der Waals surface area contributed by atoms with E-state index in [-0.39, 0.29) is 23.5 Å². The number of sulfonamides is 1. The number of nitrogens with one attached hydrogen (secondary N) is 1. The van der Waals surface area contributed by atoms with E-state index in [0.29, 0.717) is 0 Å². The van der Waals surface area contributed by atoms with Crippen LogP contribution in [0.5, 0.6) is 0 Å². The minimum absolute atomic E-state index is 0.0922. The molecule has 4 rings (SSSR count). The van der Waals surface area contributed by atoms with Crippen molar-refractivity contribution in [3.63, 3.8) is 0 Å². The van der Waals surface area contributed by atoms with Crippen molar-refractivity contribution < 1.29 is 8.42 Å². The number of benzene rings is 1. The van der Waals surface area contributed by atoms with Crippen LogP contribution >= 0.6 is 0 Å². The lowest BCUT2D eigenvalue weighted by Gasteiger charge is -2.16. The lowest BCUT2D eigenvalue weighted by Crippen LogP contribution is -2.33. The molecule has 0 radical (unpaired) electrons. The standard InChI is InChI=1S/C19H21N5O3S/c25-19-14-15-4-1-2-5-18(15)22-24(19)13-11-21-28(26,27)17-8-6-16(7-9-17)23-12-3-10-20-23/h3,6-10,12,14,21H,1-2,4-5,11,13H2. The van der Waals surface area contributed by atoms with Crippen LogP contribution < -0.4 is 10.3 Å². The van der Waals surface area contributed by atoms with E-state index in [9.17, 15) is 13.2 Å². The van der Waals surface area contributed by atoms with E-state index in [1.807, 2.05) is 0 Å². The van der Waals surface area contributed by atoms with E-state index in [0.717, 1.165) is 42.6 Å². The molecular weight excluding hydrogens is 378 g/mol. The summed E-state index contributed by atoms with van der Waals surface area (Å²) in [5.41, 5.74) is 2.55. The summed E-state index contributed by atoms with van der Waals surface area (Å²) in [5.74, 6) is 0. The van der Waals surface area contributed by atoms with Gasteiger partial charge in [-0.1, -0.05) is 0 Å². The molecule has 0 unspecified atom stereocenters. The van der Waals surface area contributed by atoms with E-state index in [1.54, 1.807) is 41.3 Å². The molecule has 1 aromatic carbocycles. The lowest BCUT2D eigenvalue weighted by molar-refractivity contribution is 0.526. The van der Waals surface area contributed by atoms with Gasteiger partial charge in [-0.05, 0) is 61.6 Å². The molecule has 2 aromatic heterocycles. The average molecular weight is 399 g/mol. The zero-order valence-electron chi connectivity index (χ0n) is 15.3. The highest BCUT2D eigenvalue weighted by molar-refractivity contribution is 7.89. The average Bonchev–Trinajstić information content (AvgIpc) is 3.23. The molecule has 1 N–H and O–H groups in total. The Hall–Kier alpha value is -2.78. The van der Waals surface area contributed by atoms with Crippen LogP contribution in [0.1, 0.15) is 24.1 Å². The van der Waals surface area contributed by atoms with Crippen LogP contribution in [0.15, 0.2) is 58.5 Å². The number of aromatic nitrogens is 4. The van der Waals surface area contributed by atoms with Gasteiger partial charge in [0.2, 0.25) is 10.0 Å². The minimum Gasteiger partial charge on any atom is -0.268 e. The van der Waals surface area contributed by atoms with Gasteiger partial charge < -0.3 is 0 Å². The highest BCUT2D eigenvalue weighted by Gasteiger charge is 2.16. The van der Waals surface area contributed by atoms with Crippen LogP contribution in [0.4, 0.5) is 0 Å². The third-order valence-electron chi connectivity index (χ3n) is 4.81. The van der Waals surface area contributed by atoms with Crippen LogP contribution in [0.3, 0.4) is 0 Å². The minimum atomic E-state index is -3.67. The van der Waals surface area contributed by atoms with Crippen molar-refractivity contribution in [3.8, 4) is 5.69 Å². The molecule has 0 saturated heterocycles.